The first-order valence-electron chi connectivity index (χ1n) is 10.1. The molecule has 5 rings (SSSR count). The summed E-state index contributed by atoms with van der Waals surface area (Å²) in [6, 6.07) is 17.8. The minimum absolute atomic E-state index is 0.00553. The molecular weight excluding hydrogens is 427 g/mol. The lowest BCUT2D eigenvalue weighted by molar-refractivity contribution is -0.384. The molecule has 1 unspecified atom stereocenters. The molecule has 1 aliphatic heterocycles. The van der Waals surface area contributed by atoms with Crippen molar-refractivity contribution in [3.05, 3.63) is 111 Å². The predicted molar refractivity (Wildman–Crippen MR) is 117 cm³/mol. The third-order valence-corrected chi connectivity index (χ3v) is 5.69. The second kappa shape index (κ2) is 7.86. The third kappa shape index (κ3) is 3.49. The predicted octanol–water partition coefficient (Wildman–Crippen LogP) is 4.58. The monoisotopic (exact) mass is 444 g/mol. The van der Waals surface area contributed by atoms with Crippen LogP contribution in [0, 0.1) is 15.9 Å². The second-order valence-electron chi connectivity index (χ2n) is 7.69. The summed E-state index contributed by atoms with van der Waals surface area (Å²) < 4.78 is 13.4. The molecule has 0 saturated carbocycles. The number of carbonyl (C=O) groups excluding carboxylic acids is 1. The summed E-state index contributed by atoms with van der Waals surface area (Å²) in [6.07, 6.45) is 0. The van der Waals surface area contributed by atoms with Crippen molar-refractivity contribution < 1.29 is 19.2 Å². The number of hydrogen-bond acceptors (Lipinski definition) is 5. The molecule has 0 saturated heterocycles. The Kier molecular flexibility index (Phi) is 4.86. The number of halogens is 1. The van der Waals surface area contributed by atoms with Crippen LogP contribution in [0.4, 0.5) is 10.1 Å². The van der Waals surface area contributed by atoms with E-state index in [1.54, 1.807) is 47.4 Å². The van der Waals surface area contributed by atoms with Crippen LogP contribution in [0.25, 0.3) is 11.3 Å². The molecule has 4 aromatic rings. The number of para-hydroxylation sites is 1. The summed E-state index contributed by atoms with van der Waals surface area (Å²) in [5.41, 5.74) is 2.69. The summed E-state index contributed by atoms with van der Waals surface area (Å²) >= 11 is 0. The average Bonchev–Trinajstić information content (AvgIpc) is 3.35. The van der Waals surface area contributed by atoms with Gasteiger partial charge in [-0.25, -0.2) is 4.39 Å². The largest absolute Gasteiger partial charge is 0.507 e. The number of amides is 1. The van der Waals surface area contributed by atoms with Crippen molar-refractivity contribution in [2.75, 3.05) is 0 Å². The summed E-state index contributed by atoms with van der Waals surface area (Å²) in [6.45, 7) is 0.148. The molecule has 9 heteroatoms. The van der Waals surface area contributed by atoms with Gasteiger partial charge in [-0.1, -0.05) is 36.4 Å². The zero-order valence-electron chi connectivity index (χ0n) is 17.1. The Balaban J connectivity index is 1.68. The number of aromatic amines is 1. The lowest BCUT2D eigenvalue weighted by Crippen LogP contribution is -2.29. The number of carbonyl (C=O) groups is 1. The van der Waals surface area contributed by atoms with Gasteiger partial charge in [0.05, 0.1) is 11.0 Å². The Morgan fingerprint density at radius 1 is 1.09 bits per heavy atom. The summed E-state index contributed by atoms with van der Waals surface area (Å²) in [5.74, 6) is -0.744. The highest BCUT2D eigenvalue weighted by atomic mass is 19.1. The van der Waals surface area contributed by atoms with Gasteiger partial charge in [0.25, 0.3) is 11.6 Å². The van der Waals surface area contributed by atoms with Crippen molar-refractivity contribution in [2.24, 2.45) is 0 Å². The number of aromatic hydroxyl groups is 1. The van der Waals surface area contributed by atoms with Gasteiger partial charge in [-0.3, -0.25) is 20.0 Å². The van der Waals surface area contributed by atoms with Gasteiger partial charge in [0.1, 0.15) is 23.0 Å². The number of benzene rings is 3. The fourth-order valence-corrected chi connectivity index (χ4v) is 4.18. The SMILES string of the molecule is O=C1c2[nH]nc(-c3ccccc3O)c2C(c2cccc([N+](=O)[O-])c2)N1Cc1ccc(F)cc1. The molecule has 8 nitrogen and oxygen atoms in total. The lowest BCUT2D eigenvalue weighted by atomic mass is 9.95. The van der Waals surface area contributed by atoms with Crippen LogP contribution in [-0.4, -0.2) is 31.0 Å². The Morgan fingerprint density at radius 3 is 2.58 bits per heavy atom. The number of nitrogens with zero attached hydrogens (tertiary/aromatic N) is 3. The van der Waals surface area contributed by atoms with Gasteiger partial charge in [-0.2, -0.15) is 5.10 Å². The van der Waals surface area contributed by atoms with Crippen LogP contribution < -0.4 is 0 Å². The van der Waals surface area contributed by atoms with Crippen molar-refractivity contribution >= 4 is 11.6 Å². The number of fused-ring (bicyclic) bond motifs is 1. The smallest absolute Gasteiger partial charge is 0.273 e. The van der Waals surface area contributed by atoms with Crippen LogP contribution in [-0.2, 0) is 6.54 Å². The summed E-state index contributed by atoms with van der Waals surface area (Å²) in [5, 5.41) is 28.9. The van der Waals surface area contributed by atoms with Gasteiger partial charge in [0, 0.05) is 29.8 Å². The average molecular weight is 444 g/mol. The fourth-order valence-electron chi connectivity index (χ4n) is 4.18. The highest BCUT2D eigenvalue weighted by molar-refractivity contribution is 6.00. The first-order valence-corrected chi connectivity index (χ1v) is 10.1. The zero-order chi connectivity index (χ0) is 23.1. The lowest BCUT2D eigenvalue weighted by Gasteiger charge is -2.26. The molecule has 2 N–H and O–H groups in total. The quantitative estimate of drug-likeness (QED) is 0.346. The van der Waals surface area contributed by atoms with Gasteiger partial charge in [-0.05, 0) is 35.4 Å². The highest BCUT2D eigenvalue weighted by Crippen LogP contribution is 2.45. The van der Waals surface area contributed by atoms with Gasteiger partial charge >= 0.3 is 0 Å². The van der Waals surface area contributed by atoms with Crippen LogP contribution in [0.5, 0.6) is 5.75 Å². The van der Waals surface area contributed by atoms with E-state index < -0.39 is 16.8 Å². The molecule has 0 bridgehead atoms. The van der Waals surface area contributed by atoms with E-state index >= 15 is 0 Å². The number of nitrogens with one attached hydrogen (secondary N) is 1. The van der Waals surface area contributed by atoms with Crippen LogP contribution in [0.15, 0.2) is 72.8 Å². The van der Waals surface area contributed by atoms with Crippen molar-refractivity contribution in [3.8, 4) is 17.0 Å². The number of phenolic OH excluding ortho intramolecular Hbond substituents is 1. The molecule has 0 spiro atoms. The second-order valence-corrected chi connectivity index (χ2v) is 7.69. The van der Waals surface area contributed by atoms with E-state index in [9.17, 15) is 24.4 Å². The molecule has 1 atom stereocenters. The number of non-ortho nitro benzene ring substituents is 1. The van der Waals surface area contributed by atoms with E-state index in [1.165, 1.54) is 30.3 Å². The molecule has 0 fully saturated rings. The minimum atomic E-state index is -0.703. The van der Waals surface area contributed by atoms with E-state index in [-0.39, 0.29) is 29.6 Å². The first-order chi connectivity index (χ1) is 15.9. The molecule has 164 valence electrons. The van der Waals surface area contributed by atoms with Gasteiger partial charge in [-0.15, -0.1) is 0 Å². The highest BCUT2D eigenvalue weighted by Gasteiger charge is 2.42. The molecule has 2 heterocycles. The van der Waals surface area contributed by atoms with Gasteiger partial charge < -0.3 is 10.0 Å². The maximum atomic E-state index is 13.4. The van der Waals surface area contributed by atoms with Crippen LogP contribution in [0.3, 0.4) is 0 Å². The Bertz CT molecular complexity index is 1380. The van der Waals surface area contributed by atoms with E-state index in [1.807, 2.05) is 0 Å². The minimum Gasteiger partial charge on any atom is -0.507 e. The number of rotatable bonds is 5. The number of phenols is 1. The Hall–Kier alpha value is -4.53. The van der Waals surface area contributed by atoms with Crippen molar-refractivity contribution in [1.82, 2.24) is 15.1 Å². The van der Waals surface area contributed by atoms with Crippen molar-refractivity contribution in [1.29, 1.82) is 0 Å². The number of nitro benzene ring substituents is 1. The molecule has 33 heavy (non-hydrogen) atoms. The maximum Gasteiger partial charge on any atom is 0.273 e. The molecule has 0 aliphatic carbocycles. The molecule has 0 radical (unpaired) electrons. The van der Waals surface area contributed by atoms with E-state index in [0.717, 1.165) is 0 Å². The first kappa shape index (κ1) is 20.4. The third-order valence-electron chi connectivity index (χ3n) is 5.69. The normalized spacial score (nSPS) is 15.0. The standard InChI is InChI=1S/C24H17FN4O4/c25-16-10-8-14(9-11-16)13-28-23(15-4-3-5-17(12-15)29(32)33)20-21(26-27-22(20)24(28)31)18-6-1-2-7-19(18)30/h1-12,23,30H,13H2,(H,26,27). The van der Waals surface area contributed by atoms with Crippen LogP contribution >= 0.6 is 0 Å². The molecule has 1 amide bonds. The topological polar surface area (TPSA) is 112 Å². The van der Waals surface area contributed by atoms with Gasteiger partial charge in [0.15, 0.2) is 0 Å². The van der Waals surface area contributed by atoms with Crippen LogP contribution in [0.2, 0.25) is 0 Å². The Labute approximate surface area is 187 Å². The number of hydrogen-bond donors (Lipinski definition) is 2. The molecule has 1 aromatic heterocycles. The van der Waals surface area contributed by atoms with Crippen molar-refractivity contribution in [2.45, 2.75) is 12.6 Å². The summed E-state index contributed by atoms with van der Waals surface area (Å²) in [7, 11) is 0. The summed E-state index contributed by atoms with van der Waals surface area (Å²) in [4.78, 5) is 25.8. The van der Waals surface area contributed by atoms with E-state index in [0.29, 0.717) is 27.9 Å². The van der Waals surface area contributed by atoms with Crippen molar-refractivity contribution in [3.63, 3.8) is 0 Å². The van der Waals surface area contributed by atoms with Crippen LogP contribution in [0.1, 0.15) is 33.2 Å². The Morgan fingerprint density at radius 2 is 1.85 bits per heavy atom. The molecular formula is C24H17FN4O4. The zero-order valence-corrected chi connectivity index (χ0v) is 17.1. The maximum absolute atomic E-state index is 13.4. The van der Waals surface area contributed by atoms with E-state index in [2.05, 4.69) is 10.2 Å². The fraction of sp³-hybridized carbons (Fsp3) is 0.0833. The number of aromatic nitrogens is 2. The number of nitro groups is 1. The van der Waals surface area contributed by atoms with E-state index in [4.69, 9.17) is 0 Å². The molecule has 3 aromatic carbocycles. The number of H-pyrrole nitrogens is 1. The molecule has 1 aliphatic rings. The van der Waals surface area contributed by atoms with Gasteiger partial charge in [0.2, 0.25) is 0 Å².